The van der Waals surface area contributed by atoms with Crippen LogP contribution in [0.4, 0.5) is 0 Å². The fourth-order valence-corrected chi connectivity index (χ4v) is 2.64. The Morgan fingerprint density at radius 3 is 2.62 bits per heavy atom. The van der Waals surface area contributed by atoms with Gasteiger partial charge in [-0.2, -0.15) is 0 Å². The predicted octanol–water partition coefficient (Wildman–Crippen LogP) is 3.98. The van der Waals surface area contributed by atoms with Gasteiger partial charge in [0.2, 0.25) is 0 Å². The Labute approximate surface area is 104 Å². The van der Waals surface area contributed by atoms with Crippen molar-refractivity contribution in [3.05, 3.63) is 59.1 Å². The average molecular weight is 251 g/mol. The van der Waals surface area contributed by atoms with Gasteiger partial charge < -0.3 is 5.11 Å². The van der Waals surface area contributed by atoms with Crippen LogP contribution >= 0.6 is 23.4 Å². The summed E-state index contributed by atoms with van der Waals surface area (Å²) in [6, 6.07) is 15.5. The number of aliphatic hydroxyl groups is 1. The molecule has 0 aromatic heterocycles. The number of aliphatic hydroxyl groups excluding tert-OH is 1. The summed E-state index contributed by atoms with van der Waals surface area (Å²) in [5.74, 6) is 0. The minimum Gasteiger partial charge on any atom is -0.392 e. The van der Waals surface area contributed by atoms with Crippen LogP contribution in [0, 0.1) is 0 Å². The number of hydrogen-bond donors (Lipinski definition) is 1. The van der Waals surface area contributed by atoms with E-state index in [4.69, 9.17) is 11.6 Å². The van der Waals surface area contributed by atoms with Crippen molar-refractivity contribution in [1.82, 2.24) is 0 Å². The van der Waals surface area contributed by atoms with Crippen molar-refractivity contribution in [2.75, 3.05) is 0 Å². The second-order valence-corrected chi connectivity index (χ2v) is 4.88. The second kappa shape index (κ2) is 5.39. The maximum absolute atomic E-state index is 9.21. The lowest BCUT2D eigenvalue weighted by Gasteiger charge is -2.06. The van der Waals surface area contributed by atoms with E-state index < -0.39 is 0 Å². The topological polar surface area (TPSA) is 20.2 Å². The van der Waals surface area contributed by atoms with Gasteiger partial charge in [-0.15, -0.1) is 0 Å². The summed E-state index contributed by atoms with van der Waals surface area (Å²) in [7, 11) is 0. The van der Waals surface area contributed by atoms with Crippen molar-refractivity contribution in [3.63, 3.8) is 0 Å². The van der Waals surface area contributed by atoms with Crippen molar-refractivity contribution in [2.45, 2.75) is 16.4 Å². The Morgan fingerprint density at radius 2 is 1.88 bits per heavy atom. The second-order valence-electron chi connectivity index (χ2n) is 3.33. The Morgan fingerprint density at radius 1 is 1.06 bits per heavy atom. The van der Waals surface area contributed by atoms with Gasteiger partial charge in [0.1, 0.15) is 0 Å². The van der Waals surface area contributed by atoms with Gasteiger partial charge in [-0.05, 0) is 29.8 Å². The standard InChI is InChI=1S/C13H11ClOS/c14-11-5-3-6-12(8-11)16-13-7-2-1-4-10(13)9-15/h1-8,15H,9H2. The van der Waals surface area contributed by atoms with E-state index in [1.54, 1.807) is 11.8 Å². The van der Waals surface area contributed by atoms with E-state index in [0.717, 1.165) is 20.4 Å². The van der Waals surface area contributed by atoms with Crippen LogP contribution in [0.2, 0.25) is 5.02 Å². The van der Waals surface area contributed by atoms with Gasteiger partial charge in [0.25, 0.3) is 0 Å². The molecule has 0 saturated heterocycles. The molecule has 1 N–H and O–H groups in total. The molecule has 0 aliphatic rings. The van der Waals surface area contributed by atoms with Crippen LogP contribution in [0.5, 0.6) is 0 Å². The van der Waals surface area contributed by atoms with Gasteiger partial charge in [0.05, 0.1) is 6.61 Å². The molecule has 0 unspecified atom stereocenters. The first-order valence-electron chi connectivity index (χ1n) is 4.92. The molecule has 0 aliphatic carbocycles. The molecule has 0 fully saturated rings. The lowest BCUT2D eigenvalue weighted by molar-refractivity contribution is 0.279. The SMILES string of the molecule is OCc1ccccc1Sc1cccc(Cl)c1. The third-order valence-corrected chi connectivity index (χ3v) is 3.51. The predicted molar refractivity (Wildman–Crippen MR) is 67.9 cm³/mol. The summed E-state index contributed by atoms with van der Waals surface area (Å²) in [6.07, 6.45) is 0. The van der Waals surface area contributed by atoms with E-state index in [9.17, 15) is 5.11 Å². The third-order valence-electron chi connectivity index (χ3n) is 2.17. The molecule has 2 aromatic carbocycles. The van der Waals surface area contributed by atoms with Crippen LogP contribution in [0.1, 0.15) is 5.56 Å². The molecule has 2 rings (SSSR count). The van der Waals surface area contributed by atoms with Gasteiger partial charge >= 0.3 is 0 Å². The zero-order valence-corrected chi connectivity index (χ0v) is 10.1. The van der Waals surface area contributed by atoms with Crippen molar-refractivity contribution >= 4 is 23.4 Å². The molecule has 16 heavy (non-hydrogen) atoms. The third kappa shape index (κ3) is 2.79. The average Bonchev–Trinajstić information content (AvgIpc) is 2.30. The molecule has 82 valence electrons. The van der Waals surface area contributed by atoms with Gasteiger partial charge in [0, 0.05) is 14.8 Å². The van der Waals surface area contributed by atoms with E-state index in [0.29, 0.717) is 0 Å². The lowest BCUT2D eigenvalue weighted by atomic mass is 10.2. The Balaban J connectivity index is 2.26. The summed E-state index contributed by atoms with van der Waals surface area (Å²) < 4.78 is 0. The van der Waals surface area contributed by atoms with E-state index >= 15 is 0 Å². The summed E-state index contributed by atoms with van der Waals surface area (Å²) in [5, 5.41) is 9.94. The quantitative estimate of drug-likeness (QED) is 0.889. The molecule has 0 amide bonds. The monoisotopic (exact) mass is 250 g/mol. The Bertz CT molecular complexity index is 485. The van der Waals surface area contributed by atoms with Crippen LogP contribution < -0.4 is 0 Å². The van der Waals surface area contributed by atoms with Crippen molar-refractivity contribution < 1.29 is 5.11 Å². The van der Waals surface area contributed by atoms with Gasteiger partial charge in [-0.25, -0.2) is 0 Å². The molecule has 2 aromatic rings. The van der Waals surface area contributed by atoms with Crippen molar-refractivity contribution in [2.24, 2.45) is 0 Å². The van der Waals surface area contributed by atoms with Gasteiger partial charge in [0.15, 0.2) is 0 Å². The fraction of sp³-hybridized carbons (Fsp3) is 0.0769. The Hall–Kier alpha value is -0.960. The van der Waals surface area contributed by atoms with Crippen LogP contribution in [0.15, 0.2) is 58.3 Å². The van der Waals surface area contributed by atoms with Crippen LogP contribution in [-0.4, -0.2) is 5.11 Å². The highest BCUT2D eigenvalue weighted by Crippen LogP contribution is 2.31. The smallest absolute Gasteiger partial charge is 0.0692 e. The molecule has 3 heteroatoms. The lowest BCUT2D eigenvalue weighted by Crippen LogP contribution is -1.86. The van der Waals surface area contributed by atoms with Crippen molar-refractivity contribution in [3.8, 4) is 0 Å². The summed E-state index contributed by atoms with van der Waals surface area (Å²) in [6.45, 7) is 0.0593. The number of benzene rings is 2. The number of hydrogen-bond acceptors (Lipinski definition) is 2. The molecule has 0 aliphatic heterocycles. The molecule has 0 saturated carbocycles. The zero-order valence-electron chi connectivity index (χ0n) is 8.56. The van der Waals surface area contributed by atoms with Crippen LogP contribution in [0.3, 0.4) is 0 Å². The molecular formula is C13H11ClOS. The van der Waals surface area contributed by atoms with Crippen LogP contribution in [0.25, 0.3) is 0 Å². The zero-order chi connectivity index (χ0) is 11.4. The summed E-state index contributed by atoms with van der Waals surface area (Å²) in [5.41, 5.74) is 0.937. The first kappa shape index (κ1) is 11.5. The first-order chi connectivity index (χ1) is 7.79. The molecule has 0 radical (unpaired) electrons. The fourth-order valence-electron chi connectivity index (χ4n) is 1.39. The van der Waals surface area contributed by atoms with E-state index in [2.05, 4.69) is 0 Å². The molecule has 0 bridgehead atoms. The van der Waals surface area contributed by atoms with E-state index in [1.165, 1.54) is 0 Å². The number of halogens is 1. The summed E-state index contributed by atoms with van der Waals surface area (Å²) in [4.78, 5) is 2.14. The van der Waals surface area contributed by atoms with Gasteiger partial charge in [-0.3, -0.25) is 0 Å². The molecule has 0 heterocycles. The number of rotatable bonds is 3. The Kier molecular flexibility index (Phi) is 3.88. The maximum atomic E-state index is 9.21. The largest absolute Gasteiger partial charge is 0.392 e. The minimum atomic E-state index is 0.0593. The normalized spacial score (nSPS) is 10.4. The first-order valence-corrected chi connectivity index (χ1v) is 6.11. The molecule has 1 nitrogen and oxygen atoms in total. The highest BCUT2D eigenvalue weighted by Gasteiger charge is 2.02. The van der Waals surface area contributed by atoms with Crippen molar-refractivity contribution in [1.29, 1.82) is 0 Å². The molecule has 0 spiro atoms. The van der Waals surface area contributed by atoms with Gasteiger partial charge in [-0.1, -0.05) is 47.6 Å². The van der Waals surface area contributed by atoms with E-state index in [1.807, 2.05) is 48.5 Å². The molecular weight excluding hydrogens is 240 g/mol. The van der Waals surface area contributed by atoms with E-state index in [-0.39, 0.29) is 6.61 Å². The highest BCUT2D eigenvalue weighted by atomic mass is 35.5. The molecule has 0 atom stereocenters. The highest BCUT2D eigenvalue weighted by molar-refractivity contribution is 7.99. The van der Waals surface area contributed by atoms with Crippen LogP contribution in [-0.2, 0) is 6.61 Å². The summed E-state index contributed by atoms with van der Waals surface area (Å²) >= 11 is 7.53. The minimum absolute atomic E-state index is 0.0593. The maximum Gasteiger partial charge on any atom is 0.0692 e.